The lowest BCUT2D eigenvalue weighted by Gasteiger charge is -2.15. The van der Waals surface area contributed by atoms with Gasteiger partial charge in [0, 0.05) is 35.9 Å². The minimum absolute atomic E-state index is 0.0491. The first-order valence-electron chi connectivity index (χ1n) is 7.49. The summed E-state index contributed by atoms with van der Waals surface area (Å²) < 4.78 is 0. The molecule has 1 saturated carbocycles. The Hall–Kier alpha value is -1.55. The average molecular weight is 273 g/mol. The number of carbonyl (C=O) groups excluding carboxylic acids is 1. The molecule has 2 N–H and O–H groups in total. The summed E-state index contributed by atoms with van der Waals surface area (Å²) in [5.74, 6) is 0.0491. The largest absolute Gasteiger partial charge is 0.381 e. The van der Waals surface area contributed by atoms with E-state index in [1.54, 1.807) is 0 Å². The van der Waals surface area contributed by atoms with Crippen LogP contribution >= 0.6 is 0 Å². The van der Waals surface area contributed by atoms with Gasteiger partial charge in [0.1, 0.15) is 0 Å². The molecule has 4 heteroatoms. The zero-order valence-corrected chi connectivity index (χ0v) is 12.2. The molecule has 1 heterocycles. The maximum absolute atomic E-state index is 12.0. The lowest BCUT2D eigenvalue weighted by Crippen LogP contribution is -2.26. The first kappa shape index (κ1) is 13.4. The zero-order chi connectivity index (χ0) is 14.1. The molecule has 1 aliphatic heterocycles. The molecule has 2 atom stereocenters. The molecule has 1 aromatic rings. The van der Waals surface area contributed by atoms with Gasteiger partial charge in [-0.3, -0.25) is 4.79 Å². The minimum Gasteiger partial charge on any atom is -0.381 e. The fourth-order valence-corrected chi connectivity index (χ4v) is 2.78. The lowest BCUT2D eigenvalue weighted by atomic mass is 10.1. The van der Waals surface area contributed by atoms with Gasteiger partial charge in [-0.05, 0) is 51.4 Å². The van der Waals surface area contributed by atoms with Gasteiger partial charge in [-0.1, -0.05) is 6.07 Å². The number of hydrogen-bond donors (Lipinski definition) is 2. The van der Waals surface area contributed by atoms with Crippen molar-refractivity contribution in [2.75, 3.05) is 18.9 Å². The molecular formula is C16H23N3O. The van der Waals surface area contributed by atoms with Crippen LogP contribution in [0.5, 0.6) is 0 Å². The Morgan fingerprint density at radius 1 is 1.30 bits per heavy atom. The number of anilines is 1. The van der Waals surface area contributed by atoms with Gasteiger partial charge in [-0.15, -0.1) is 0 Å². The molecule has 108 valence electrons. The van der Waals surface area contributed by atoms with Crippen molar-refractivity contribution in [3.8, 4) is 0 Å². The van der Waals surface area contributed by atoms with E-state index in [9.17, 15) is 4.79 Å². The molecule has 4 nitrogen and oxygen atoms in total. The van der Waals surface area contributed by atoms with E-state index in [1.807, 2.05) is 24.3 Å². The predicted octanol–water partition coefficient (Wildman–Crippen LogP) is 2.08. The summed E-state index contributed by atoms with van der Waals surface area (Å²) in [6.07, 6.45) is 3.39. The fraction of sp³-hybridized carbons (Fsp3) is 0.562. The standard InChI is InChI=1S/C16H23N3O/c1-11-8-15(10-19(11)2)17-14-5-3-4-12(9-14)16(20)18-13-6-7-13/h3-5,9,11,13,15,17H,6-8,10H2,1-2H3,(H,18,20). The van der Waals surface area contributed by atoms with Crippen LogP contribution in [0.1, 0.15) is 36.5 Å². The highest BCUT2D eigenvalue weighted by molar-refractivity contribution is 5.95. The smallest absolute Gasteiger partial charge is 0.251 e. The van der Waals surface area contributed by atoms with E-state index in [0.29, 0.717) is 18.1 Å². The second-order valence-electron chi connectivity index (χ2n) is 6.19. The molecule has 0 aromatic heterocycles. The molecule has 1 amide bonds. The number of nitrogens with one attached hydrogen (secondary N) is 2. The number of amides is 1. The van der Waals surface area contributed by atoms with Crippen LogP contribution in [0.25, 0.3) is 0 Å². The maximum atomic E-state index is 12.0. The van der Waals surface area contributed by atoms with Gasteiger partial charge < -0.3 is 15.5 Å². The third kappa shape index (κ3) is 3.12. The van der Waals surface area contributed by atoms with Crippen LogP contribution in [0.3, 0.4) is 0 Å². The zero-order valence-electron chi connectivity index (χ0n) is 12.2. The highest BCUT2D eigenvalue weighted by Crippen LogP contribution is 2.22. The summed E-state index contributed by atoms with van der Waals surface area (Å²) in [5.41, 5.74) is 1.79. The molecular weight excluding hydrogens is 250 g/mol. The number of nitrogens with zero attached hydrogens (tertiary/aromatic N) is 1. The van der Waals surface area contributed by atoms with E-state index >= 15 is 0 Å². The third-order valence-corrected chi connectivity index (χ3v) is 4.29. The van der Waals surface area contributed by atoms with Crippen LogP contribution in [-0.4, -0.2) is 42.5 Å². The van der Waals surface area contributed by atoms with Gasteiger partial charge in [-0.25, -0.2) is 0 Å². The van der Waals surface area contributed by atoms with Gasteiger partial charge in [0.15, 0.2) is 0 Å². The molecule has 1 saturated heterocycles. The quantitative estimate of drug-likeness (QED) is 0.883. The Morgan fingerprint density at radius 3 is 2.75 bits per heavy atom. The van der Waals surface area contributed by atoms with Crippen molar-refractivity contribution in [3.63, 3.8) is 0 Å². The molecule has 2 fully saturated rings. The maximum Gasteiger partial charge on any atom is 0.251 e. The SMILES string of the molecule is CC1CC(Nc2cccc(C(=O)NC3CC3)c2)CN1C. The average Bonchev–Trinajstić information content (AvgIpc) is 3.17. The molecule has 3 rings (SSSR count). The fourth-order valence-electron chi connectivity index (χ4n) is 2.78. The summed E-state index contributed by atoms with van der Waals surface area (Å²) in [6.45, 7) is 3.31. The monoisotopic (exact) mass is 273 g/mol. The molecule has 0 spiro atoms. The van der Waals surface area contributed by atoms with E-state index in [-0.39, 0.29) is 5.91 Å². The summed E-state index contributed by atoms with van der Waals surface area (Å²) in [7, 11) is 2.16. The molecule has 1 aromatic carbocycles. The highest BCUT2D eigenvalue weighted by Gasteiger charge is 2.26. The number of carbonyl (C=O) groups is 1. The molecule has 2 aliphatic rings. The van der Waals surface area contributed by atoms with E-state index in [2.05, 4.69) is 29.5 Å². The van der Waals surface area contributed by atoms with Gasteiger partial charge in [0.25, 0.3) is 5.91 Å². The number of benzene rings is 1. The second kappa shape index (κ2) is 5.44. The van der Waals surface area contributed by atoms with Crippen LogP contribution in [0.15, 0.2) is 24.3 Å². The first-order valence-corrected chi connectivity index (χ1v) is 7.49. The van der Waals surface area contributed by atoms with Crippen molar-refractivity contribution >= 4 is 11.6 Å². The van der Waals surface area contributed by atoms with Crippen molar-refractivity contribution in [2.45, 2.75) is 44.3 Å². The topological polar surface area (TPSA) is 44.4 Å². The first-order chi connectivity index (χ1) is 9.61. The van der Waals surface area contributed by atoms with Gasteiger partial charge >= 0.3 is 0 Å². The Kier molecular flexibility index (Phi) is 3.66. The number of likely N-dealkylation sites (N-methyl/N-ethyl adjacent to an activating group) is 1. The highest BCUT2D eigenvalue weighted by atomic mass is 16.1. The van der Waals surface area contributed by atoms with Crippen LogP contribution in [-0.2, 0) is 0 Å². The van der Waals surface area contributed by atoms with E-state index in [4.69, 9.17) is 0 Å². The van der Waals surface area contributed by atoms with Crippen LogP contribution in [0.4, 0.5) is 5.69 Å². The van der Waals surface area contributed by atoms with Crippen molar-refractivity contribution in [1.29, 1.82) is 0 Å². The Morgan fingerprint density at radius 2 is 2.10 bits per heavy atom. The summed E-state index contributed by atoms with van der Waals surface area (Å²) >= 11 is 0. The number of likely N-dealkylation sites (tertiary alicyclic amines) is 1. The Balaban J connectivity index is 1.63. The van der Waals surface area contributed by atoms with E-state index < -0.39 is 0 Å². The Bertz CT molecular complexity index is 488. The predicted molar refractivity (Wildman–Crippen MR) is 81.0 cm³/mol. The summed E-state index contributed by atoms with van der Waals surface area (Å²) in [5, 5.41) is 6.57. The van der Waals surface area contributed by atoms with Crippen LogP contribution < -0.4 is 10.6 Å². The van der Waals surface area contributed by atoms with Gasteiger partial charge in [0.05, 0.1) is 0 Å². The molecule has 0 radical (unpaired) electrons. The second-order valence-corrected chi connectivity index (χ2v) is 6.19. The van der Waals surface area contributed by atoms with E-state index in [1.165, 1.54) is 0 Å². The van der Waals surface area contributed by atoms with Crippen LogP contribution in [0.2, 0.25) is 0 Å². The lowest BCUT2D eigenvalue weighted by molar-refractivity contribution is 0.0951. The van der Waals surface area contributed by atoms with Gasteiger partial charge in [0.2, 0.25) is 0 Å². The summed E-state index contributed by atoms with van der Waals surface area (Å²) in [6, 6.07) is 9.32. The molecule has 0 bridgehead atoms. The third-order valence-electron chi connectivity index (χ3n) is 4.29. The van der Waals surface area contributed by atoms with Crippen molar-refractivity contribution in [3.05, 3.63) is 29.8 Å². The summed E-state index contributed by atoms with van der Waals surface area (Å²) in [4.78, 5) is 14.4. The van der Waals surface area contributed by atoms with Crippen LogP contribution in [0, 0.1) is 0 Å². The molecule has 1 aliphatic carbocycles. The molecule has 2 unspecified atom stereocenters. The minimum atomic E-state index is 0.0491. The number of hydrogen-bond acceptors (Lipinski definition) is 3. The normalized spacial score (nSPS) is 26.5. The molecule has 20 heavy (non-hydrogen) atoms. The van der Waals surface area contributed by atoms with Crippen molar-refractivity contribution in [1.82, 2.24) is 10.2 Å². The van der Waals surface area contributed by atoms with Gasteiger partial charge in [-0.2, -0.15) is 0 Å². The Labute approximate surface area is 120 Å². The van der Waals surface area contributed by atoms with Crippen molar-refractivity contribution in [2.24, 2.45) is 0 Å². The number of rotatable bonds is 4. The van der Waals surface area contributed by atoms with E-state index in [0.717, 1.165) is 37.1 Å². The van der Waals surface area contributed by atoms with Crippen molar-refractivity contribution < 1.29 is 4.79 Å².